The largest absolute Gasteiger partial charge is 0.373 e. The lowest BCUT2D eigenvalue weighted by Crippen LogP contribution is -2.19. The van der Waals surface area contributed by atoms with Crippen molar-refractivity contribution < 1.29 is 4.74 Å². The van der Waals surface area contributed by atoms with Gasteiger partial charge in [-0.3, -0.25) is 4.68 Å². The van der Waals surface area contributed by atoms with Gasteiger partial charge in [0.25, 0.3) is 0 Å². The van der Waals surface area contributed by atoms with Gasteiger partial charge >= 0.3 is 0 Å². The van der Waals surface area contributed by atoms with E-state index in [0.717, 1.165) is 31.6 Å². The molecule has 4 heteroatoms. The Morgan fingerprint density at radius 1 is 1.71 bits per heavy atom. The van der Waals surface area contributed by atoms with Crippen LogP contribution < -0.4 is 0 Å². The maximum absolute atomic E-state index is 6.09. The lowest BCUT2D eigenvalue weighted by molar-refractivity contribution is 0.0168. The molecule has 0 amide bonds. The first kappa shape index (κ1) is 9.99. The molecule has 2 heterocycles. The van der Waals surface area contributed by atoms with E-state index < -0.39 is 0 Å². The van der Waals surface area contributed by atoms with E-state index in [-0.39, 0.29) is 11.5 Å². The Hall–Kier alpha value is -0.540. The number of hydrogen-bond acceptors (Lipinski definition) is 2. The lowest BCUT2D eigenvalue weighted by atomic mass is 10.0. The minimum absolute atomic E-state index is 0.145. The van der Waals surface area contributed by atoms with E-state index in [4.69, 9.17) is 16.3 Å². The Balaban J connectivity index is 2.06. The summed E-state index contributed by atoms with van der Waals surface area (Å²) in [6, 6.07) is 0. The molecule has 3 nitrogen and oxygen atoms in total. The molecule has 0 aliphatic carbocycles. The maximum atomic E-state index is 6.09. The van der Waals surface area contributed by atoms with Crippen molar-refractivity contribution in [1.82, 2.24) is 9.78 Å². The minimum Gasteiger partial charge on any atom is -0.373 e. The van der Waals surface area contributed by atoms with Gasteiger partial charge in [0.15, 0.2) is 0 Å². The Kier molecular flexibility index (Phi) is 3.08. The van der Waals surface area contributed by atoms with Crippen molar-refractivity contribution in [2.75, 3.05) is 6.61 Å². The SMILES string of the molecule is CCn1cc(C2CC(Cl)CCO2)cn1. The molecule has 1 aliphatic heterocycles. The predicted octanol–water partition coefficient (Wildman–Crippen LogP) is 2.36. The average Bonchev–Trinajstić information content (AvgIpc) is 2.66. The van der Waals surface area contributed by atoms with Crippen molar-refractivity contribution in [3.05, 3.63) is 18.0 Å². The van der Waals surface area contributed by atoms with Gasteiger partial charge in [-0.25, -0.2) is 0 Å². The molecular formula is C10H15ClN2O. The average molecular weight is 215 g/mol. The third-order valence-electron chi connectivity index (χ3n) is 2.57. The van der Waals surface area contributed by atoms with Crippen molar-refractivity contribution in [2.24, 2.45) is 0 Å². The minimum atomic E-state index is 0.145. The Morgan fingerprint density at radius 3 is 3.21 bits per heavy atom. The smallest absolute Gasteiger partial charge is 0.0869 e. The summed E-state index contributed by atoms with van der Waals surface area (Å²) in [6.45, 7) is 3.73. The van der Waals surface area contributed by atoms with Crippen LogP contribution in [-0.2, 0) is 11.3 Å². The van der Waals surface area contributed by atoms with Gasteiger partial charge in [0, 0.05) is 30.3 Å². The summed E-state index contributed by atoms with van der Waals surface area (Å²) in [5.41, 5.74) is 1.15. The fourth-order valence-corrected chi connectivity index (χ4v) is 1.96. The van der Waals surface area contributed by atoms with E-state index >= 15 is 0 Å². The zero-order valence-electron chi connectivity index (χ0n) is 8.32. The number of halogens is 1. The summed E-state index contributed by atoms with van der Waals surface area (Å²) < 4.78 is 7.57. The van der Waals surface area contributed by atoms with Crippen LogP contribution in [-0.4, -0.2) is 21.8 Å². The molecule has 0 spiro atoms. The molecule has 0 radical (unpaired) electrons. The van der Waals surface area contributed by atoms with E-state index in [1.807, 2.05) is 17.1 Å². The Morgan fingerprint density at radius 2 is 2.57 bits per heavy atom. The molecule has 2 rings (SSSR count). The van der Waals surface area contributed by atoms with E-state index in [1.54, 1.807) is 0 Å². The number of ether oxygens (including phenoxy) is 1. The number of aryl methyl sites for hydroxylation is 1. The fraction of sp³-hybridized carbons (Fsp3) is 0.700. The molecule has 1 aliphatic rings. The van der Waals surface area contributed by atoms with Crippen molar-refractivity contribution in [2.45, 2.75) is 37.8 Å². The molecule has 1 saturated heterocycles. The Labute approximate surface area is 89.0 Å². The number of hydrogen-bond donors (Lipinski definition) is 0. The summed E-state index contributed by atoms with van der Waals surface area (Å²) in [5, 5.41) is 4.48. The van der Waals surface area contributed by atoms with Gasteiger partial charge in [0.05, 0.1) is 12.3 Å². The van der Waals surface area contributed by atoms with E-state index in [9.17, 15) is 0 Å². The van der Waals surface area contributed by atoms with E-state index in [2.05, 4.69) is 12.0 Å². The van der Waals surface area contributed by atoms with Gasteiger partial charge in [-0.15, -0.1) is 11.6 Å². The summed E-state index contributed by atoms with van der Waals surface area (Å²) >= 11 is 6.09. The third-order valence-corrected chi connectivity index (χ3v) is 2.97. The second kappa shape index (κ2) is 4.32. The highest BCUT2D eigenvalue weighted by atomic mass is 35.5. The van der Waals surface area contributed by atoms with Gasteiger partial charge in [-0.2, -0.15) is 5.10 Å². The van der Waals surface area contributed by atoms with E-state index in [1.165, 1.54) is 0 Å². The number of aromatic nitrogens is 2. The quantitative estimate of drug-likeness (QED) is 0.707. The molecule has 78 valence electrons. The van der Waals surface area contributed by atoms with Gasteiger partial charge in [-0.1, -0.05) is 0 Å². The van der Waals surface area contributed by atoms with Gasteiger partial charge in [-0.05, 0) is 19.8 Å². The van der Waals surface area contributed by atoms with Crippen molar-refractivity contribution in [3.63, 3.8) is 0 Å². The van der Waals surface area contributed by atoms with Crippen LogP contribution in [0.5, 0.6) is 0 Å². The Bertz CT molecular complexity index is 300. The second-order valence-corrected chi connectivity index (χ2v) is 4.23. The van der Waals surface area contributed by atoms with Crippen LogP contribution in [0.4, 0.5) is 0 Å². The highest BCUT2D eigenvalue weighted by Crippen LogP contribution is 2.30. The molecule has 1 aromatic heterocycles. The zero-order valence-corrected chi connectivity index (χ0v) is 9.07. The van der Waals surface area contributed by atoms with Crippen LogP contribution in [0, 0.1) is 0 Å². The lowest BCUT2D eigenvalue weighted by Gasteiger charge is -2.25. The van der Waals surface area contributed by atoms with Crippen LogP contribution in [0.3, 0.4) is 0 Å². The van der Waals surface area contributed by atoms with Gasteiger partial charge in [0.2, 0.25) is 0 Å². The van der Waals surface area contributed by atoms with Gasteiger partial charge < -0.3 is 4.74 Å². The van der Waals surface area contributed by atoms with E-state index in [0.29, 0.717) is 0 Å². The highest BCUT2D eigenvalue weighted by molar-refractivity contribution is 6.20. The number of alkyl halides is 1. The van der Waals surface area contributed by atoms with Crippen LogP contribution in [0.1, 0.15) is 31.4 Å². The molecule has 2 atom stereocenters. The molecule has 0 saturated carbocycles. The van der Waals surface area contributed by atoms with Crippen LogP contribution in [0.15, 0.2) is 12.4 Å². The predicted molar refractivity (Wildman–Crippen MR) is 55.5 cm³/mol. The standard InChI is InChI=1S/C10H15ClN2O/c1-2-13-7-8(6-12-13)10-5-9(11)3-4-14-10/h6-7,9-10H,2-5H2,1H3. The summed E-state index contributed by atoms with van der Waals surface area (Å²) in [5.74, 6) is 0. The van der Waals surface area contributed by atoms with Gasteiger partial charge in [0.1, 0.15) is 0 Å². The molecule has 1 aromatic rings. The third kappa shape index (κ3) is 2.10. The van der Waals surface area contributed by atoms with Crippen LogP contribution in [0.25, 0.3) is 0 Å². The highest BCUT2D eigenvalue weighted by Gasteiger charge is 2.23. The zero-order chi connectivity index (χ0) is 9.97. The summed E-state index contributed by atoms with van der Waals surface area (Å²) in [7, 11) is 0. The van der Waals surface area contributed by atoms with Crippen molar-refractivity contribution in [3.8, 4) is 0 Å². The van der Waals surface area contributed by atoms with Crippen LogP contribution in [0.2, 0.25) is 0 Å². The first-order chi connectivity index (χ1) is 6.79. The van der Waals surface area contributed by atoms with Crippen LogP contribution >= 0.6 is 11.6 Å². The molecule has 14 heavy (non-hydrogen) atoms. The molecule has 1 fully saturated rings. The fourth-order valence-electron chi connectivity index (χ4n) is 1.71. The normalized spacial score (nSPS) is 27.9. The molecule has 0 N–H and O–H groups in total. The number of rotatable bonds is 2. The monoisotopic (exact) mass is 214 g/mol. The molecule has 0 bridgehead atoms. The molecule has 2 unspecified atom stereocenters. The second-order valence-electron chi connectivity index (χ2n) is 3.61. The molecule has 0 aromatic carbocycles. The number of nitrogens with zero attached hydrogens (tertiary/aromatic N) is 2. The topological polar surface area (TPSA) is 27.1 Å². The summed E-state index contributed by atoms with van der Waals surface area (Å²) in [4.78, 5) is 0. The first-order valence-electron chi connectivity index (χ1n) is 5.07. The molecular weight excluding hydrogens is 200 g/mol. The summed E-state index contributed by atoms with van der Waals surface area (Å²) in [6.07, 6.45) is 5.92. The first-order valence-corrected chi connectivity index (χ1v) is 5.51. The van der Waals surface area contributed by atoms with Crippen molar-refractivity contribution in [1.29, 1.82) is 0 Å². The van der Waals surface area contributed by atoms with Crippen molar-refractivity contribution >= 4 is 11.6 Å². The maximum Gasteiger partial charge on any atom is 0.0869 e.